The van der Waals surface area contributed by atoms with Crippen LogP contribution in [0.1, 0.15) is 40.5 Å². The summed E-state index contributed by atoms with van der Waals surface area (Å²) < 4.78 is 0. The molecule has 0 spiro atoms. The maximum absolute atomic E-state index is 11.1. The molecule has 1 amide bonds. The van der Waals surface area contributed by atoms with Crippen molar-refractivity contribution in [3.05, 3.63) is 11.6 Å². The molecule has 1 rings (SSSR count). The van der Waals surface area contributed by atoms with E-state index in [-0.39, 0.29) is 17.4 Å². The van der Waals surface area contributed by atoms with Crippen molar-refractivity contribution in [1.29, 1.82) is 0 Å². The molecule has 0 aliphatic heterocycles. The largest absolute Gasteiger partial charge is 0.411 e. The fourth-order valence-electron chi connectivity index (χ4n) is 2.14. The highest BCUT2D eigenvalue weighted by Gasteiger charge is 2.32. The summed E-state index contributed by atoms with van der Waals surface area (Å²) in [6, 6.07) is 0. The first-order valence-corrected chi connectivity index (χ1v) is 5.53. The van der Waals surface area contributed by atoms with Gasteiger partial charge in [0, 0.05) is 12.5 Å². The Morgan fingerprint density at radius 3 is 2.75 bits per heavy atom. The number of rotatable bonds is 2. The van der Waals surface area contributed by atoms with Crippen LogP contribution >= 0.6 is 0 Å². The summed E-state index contributed by atoms with van der Waals surface area (Å²) >= 11 is 0. The predicted molar refractivity (Wildman–Crippen MR) is 63.6 cm³/mol. The molecule has 0 aromatic heterocycles. The Morgan fingerprint density at radius 1 is 1.62 bits per heavy atom. The molecule has 1 aliphatic carbocycles. The van der Waals surface area contributed by atoms with E-state index in [4.69, 9.17) is 5.21 Å². The molecular weight excluding hydrogens is 204 g/mol. The van der Waals surface area contributed by atoms with Gasteiger partial charge in [0.05, 0.1) is 5.71 Å². The molecule has 2 N–H and O–H groups in total. The molecule has 0 aromatic rings. The average molecular weight is 224 g/mol. The minimum atomic E-state index is -0.279. The number of allylic oxidation sites excluding steroid dienone is 2. The minimum absolute atomic E-state index is 0.0289. The Labute approximate surface area is 96.4 Å². The van der Waals surface area contributed by atoms with Crippen LogP contribution in [0, 0.1) is 5.92 Å². The highest BCUT2D eigenvalue weighted by atomic mass is 16.4. The van der Waals surface area contributed by atoms with Crippen LogP contribution in [0.4, 0.5) is 0 Å². The van der Waals surface area contributed by atoms with Gasteiger partial charge in [-0.05, 0) is 45.1 Å². The third-order valence-corrected chi connectivity index (χ3v) is 3.24. The van der Waals surface area contributed by atoms with Crippen molar-refractivity contribution in [3.8, 4) is 0 Å². The quantitative estimate of drug-likeness (QED) is 0.557. The van der Waals surface area contributed by atoms with E-state index in [0.717, 1.165) is 17.7 Å². The van der Waals surface area contributed by atoms with E-state index in [0.29, 0.717) is 6.42 Å². The molecule has 90 valence electrons. The third-order valence-electron chi connectivity index (χ3n) is 3.24. The molecule has 0 bridgehead atoms. The Hall–Kier alpha value is -1.32. The Morgan fingerprint density at radius 2 is 2.25 bits per heavy atom. The normalized spacial score (nSPS) is 24.1. The smallest absolute Gasteiger partial charge is 0.217 e. The van der Waals surface area contributed by atoms with Crippen LogP contribution in [0.25, 0.3) is 0 Å². The maximum atomic E-state index is 11.1. The summed E-state index contributed by atoms with van der Waals surface area (Å²) in [6.45, 7) is 7.47. The zero-order chi connectivity index (χ0) is 12.3. The Balaban J connectivity index is 2.81. The molecule has 0 heterocycles. The number of carbonyl (C=O) groups is 1. The SMILES string of the molecule is CC(=O)NC(C)(C)C1CC=C(C)/C(=N/O)C1. The van der Waals surface area contributed by atoms with Crippen molar-refractivity contribution in [1.82, 2.24) is 5.32 Å². The summed E-state index contributed by atoms with van der Waals surface area (Å²) in [5, 5.41) is 15.1. The van der Waals surface area contributed by atoms with Crippen LogP contribution in [0.2, 0.25) is 0 Å². The topological polar surface area (TPSA) is 61.7 Å². The van der Waals surface area contributed by atoms with E-state index in [1.165, 1.54) is 6.92 Å². The molecule has 4 nitrogen and oxygen atoms in total. The number of amides is 1. The van der Waals surface area contributed by atoms with Gasteiger partial charge in [0.2, 0.25) is 5.91 Å². The number of nitrogens with one attached hydrogen (secondary N) is 1. The van der Waals surface area contributed by atoms with Crippen molar-refractivity contribution in [2.75, 3.05) is 0 Å². The molecule has 1 atom stereocenters. The molecule has 0 saturated heterocycles. The lowest BCUT2D eigenvalue weighted by Crippen LogP contribution is -2.49. The lowest BCUT2D eigenvalue weighted by Gasteiger charge is -2.36. The van der Waals surface area contributed by atoms with E-state index in [1.54, 1.807) is 0 Å². The lowest BCUT2D eigenvalue weighted by atomic mass is 9.76. The first-order chi connectivity index (χ1) is 7.36. The van der Waals surface area contributed by atoms with Crippen LogP contribution < -0.4 is 5.32 Å². The molecule has 0 radical (unpaired) electrons. The van der Waals surface area contributed by atoms with Crippen LogP contribution in [0.3, 0.4) is 0 Å². The summed E-state index contributed by atoms with van der Waals surface area (Å²) in [7, 11) is 0. The van der Waals surface area contributed by atoms with E-state index >= 15 is 0 Å². The second-order valence-corrected chi connectivity index (χ2v) is 4.97. The first kappa shape index (κ1) is 12.7. The van der Waals surface area contributed by atoms with Gasteiger partial charge in [-0.2, -0.15) is 0 Å². The van der Waals surface area contributed by atoms with Crippen LogP contribution in [-0.4, -0.2) is 22.4 Å². The molecule has 16 heavy (non-hydrogen) atoms. The van der Waals surface area contributed by atoms with Gasteiger partial charge in [-0.15, -0.1) is 0 Å². The molecule has 0 saturated carbocycles. The number of hydrogen-bond donors (Lipinski definition) is 2. The standard InChI is InChI=1S/C12H20N2O2/c1-8-5-6-10(7-11(8)14-16)12(3,4)13-9(2)15/h5,10,16H,6-7H2,1-4H3,(H,13,15)/b14-11+. The predicted octanol–water partition coefficient (Wildman–Crippen LogP) is 2.09. The Kier molecular flexibility index (Phi) is 3.73. The number of hydrogen-bond acceptors (Lipinski definition) is 3. The zero-order valence-corrected chi connectivity index (χ0v) is 10.4. The summed E-state index contributed by atoms with van der Waals surface area (Å²) in [4.78, 5) is 11.1. The number of nitrogens with zero attached hydrogens (tertiary/aromatic N) is 1. The van der Waals surface area contributed by atoms with Gasteiger partial charge in [-0.25, -0.2) is 0 Å². The second-order valence-electron chi connectivity index (χ2n) is 4.97. The molecule has 1 aliphatic rings. The van der Waals surface area contributed by atoms with Crippen molar-refractivity contribution >= 4 is 11.6 Å². The van der Waals surface area contributed by atoms with Crippen molar-refractivity contribution in [2.24, 2.45) is 11.1 Å². The fourth-order valence-corrected chi connectivity index (χ4v) is 2.14. The van der Waals surface area contributed by atoms with E-state index in [9.17, 15) is 4.79 Å². The molecule has 0 aromatic carbocycles. The fraction of sp³-hybridized carbons (Fsp3) is 0.667. The van der Waals surface area contributed by atoms with Gasteiger partial charge in [0.1, 0.15) is 0 Å². The minimum Gasteiger partial charge on any atom is -0.411 e. The molecule has 0 fully saturated rings. The maximum Gasteiger partial charge on any atom is 0.217 e. The summed E-state index contributed by atoms with van der Waals surface area (Å²) in [5.74, 6) is 0.241. The van der Waals surface area contributed by atoms with Gasteiger partial charge in [-0.1, -0.05) is 11.2 Å². The molecule has 1 unspecified atom stereocenters. The summed E-state index contributed by atoms with van der Waals surface area (Å²) in [6.07, 6.45) is 3.66. The van der Waals surface area contributed by atoms with E-state index in [1.807, 2.05) is 20.8 Å². The van der Waals surface area contributed by atoms with Gasteiger partial charge in [0.15, 0.2) is 0 Å². The highest BCUT2D eigenvalue weighted by molar-refractivity contribution is 6.00. The molecular formula is C12H20N2O2. The van der Waals surface area contributed by atoms with Gasteiger partial charge < -0.3 is 10.5 Å². The van der Waals surface area contributed by atoms with Crippen molar-refractivity contribution in [3.63, 3.8) is 0 Å². The van der Waals surface area contributed by atoms with Gasteiger partial charge >= 0.3 is 0 Å². The van der Waals surface area contributed by atoms with Crippen LogP contribution in [0.5, 0.6) is 0 Å². The number of carbonyl (C=O) groups excluding carboxylic acids is 1. The summed E-state index contributed by atoms with van der Waals surface area (Å²) in [5.41, 5.74) is 1.46. The van der Waals surface area contributed by atoms with E-state index < -0.39 is 0 Å². The number of oxime groups is 1. The van der Waals surface area contributed by atoms with Crippen molar-refractivity contribution < 1.29 is 10.0 Å². The van der Waals surface area contributed by atoms with Crippen LogP contribution in [-0.2, 0) is 4.79 Å². The first-order valence-electron chi connectivity index (χ1n) is 5.53. The average Bonchev–Trinajstić information content (AvgIpc) is 2.16. The lowest BCUT2D eigenvalue weighted by molar-refractivity contribution is -0.121. The molecule has 4 heteroatoms. The van der Waals surface area contributed by atoms with Gasteiger partial charge in [0.25, 0.3) is 0 Å². The second kappa shape index (κ2) is 4.68. The Bertz CT molecular complexity index is 343. The third kappa shape index (κ3) is 2.84. The van der Waals surface area contributed by atoms with E-state index in [2.05, 4.69) is 16.5 Å². The highest BCUT2D eigenvalue weighted by Crippen LogP contribution is 2.30. The van der Waals surface area contributed by atoms with Gasteiger partial charge in [-0.3, -0.25) is 4.79 Å². The zero-order valence-electron chi connectivity index (χ0n) is 10.4. The van der Waals surface area contributed by atoms with Crippen LogP contribution in [0.15, 0.2) is 16.8 Å². The van der Waals surface area contributed by atoms with Crippen molar-refractivity contribution in [2.45, 2.75) is 46.1 Å². The monoisotopic (exact) mass is 224 g/mol.